The summed E-state index contributed by atoms with van der Waals surface area (Å²) in [4.78, 5) is 5.28. The third-order valence-corrected chi connectivity index (χ3v) is 7.18. The number of amidine groups is 1. The van der Waals surface area contributed by atoms with E-state index in [0.29, 0.717) is 18.1 Å². The number of halogens is 1. The van der Waals surface area contributed by atoms with Crippen LogP contribution in [0.1, 0.15) is 102 Å². The van der Waals surface area contributed by atoms with E-state index in [2.05, 4.69) is 47.0 Å². The molecule has 3 aliphatic carbocycles. The summed E-state index contributed by atoms with van der Waals surface area (Å²) in [5, 5.41) is 7.79. The summed E-state index contributed by atoms with van der Waals surface area (Å²) in [6, 6.07) is 12.6. The molecule has 0 atom stereocenters. The van der Waals surface area contributed by atoms with Crippen LogP contribution in [0.3, 0.4) is 0 Å². The second-order valence-corrected chi connectivity index (χ2v) is 9.69. The van der Waals surface area contributed by atoms with Crippen LogP contribution < -0.4 is 10.6 Å². The van der Waals surface area contributed by atoms with Crippen molar-refractivity contribution in [1.29, 1.82) is 0 Å². The minimum atomic E-state index is 0. The Morgan fingerprint density at radius 2 is 1.19 bits per heavy atom. The Kier molecular flexibility index (Phi) is 10.5. The van der Waals surface area contributed by atoms with Gasteiger partial charge in [0.25, 0.3) is 0 Å². The molecule has 1 aromatic rings. The van der Waals surface area contributed by atoms with Crippen LogP contribution in [0.15, 0.2) is 41.4 Å². The van der Waals surface area contributed by atoms with Gasteiger partial charge in [0.15, 0.2) is 0 Å². The molecule has 4 rings (SSSR count). The topological polar surface area (TPSA) is 36.4 Å². The molecule has 3 saturated carbocycles. The lowest BCUT2D eigenvalue weighted by Crippen LogP contribution is -2.37. The largest absolute Gasteiger partial charge is 0.382 e. The molecule has 0 aromatic heterocycles. The lowest BCUT2D eigenvalue weighted by Gasteiger charge is -2.28. The minimum absolute atomic E-state index is 0. The zero-order valence-electron chi connectivity index (χ0n) is 19.2. The van der Waals surface area contributed by atoms with Crippen molar-refractivity contribution in [1.82, 2.24) is 10.6 Å². The fraction of sp³-hybridized carbons (Fsp3) is 0.667. The minimum Gasteiger partial charge on any atom is -0.382 e. The maximum atomic E-state index is 5.28. The molecule has 3 nitrogen and oxygen atoms in total. The lowest BCUT2D eigenvalue weighted by atomic mass is 9.94. The smallest absolute Gasteiger partial charge is 0.123 e. The first-order valence-electron chi connectivity index (χ1n) is 12.7. The van der Waals surface area contributed by atoms with Gasteiger partial charge in [-0.3, -0.25) is 4.99 Å². The van der Waals surface area contributed by atoms with Crippen LogP contribution >= 0.6 is 17.0 Å². The molecule has 0 spiro atoms. The van der Waals surface area contributed by atoms with E-state index in [4.69, 9.17) is 4.99 Å². The van der Waals surface area contributed by atoms with Gasteiger partial charge in [0.1, 0.15) is 5.84 Å². The van der Waals surface area contributed by atoms with Crippen LogP contribution in [-0.4, -0.2) is 24.0 Å². The molecule has 0 unspecified atom stereocenters. The van der Waals surface area contributed by atoms with E-state index in [0.717, 1.165) is 5.84 Å². The molecule has 31 heavy (non-hydrogen) atoms. The van der Waals surface area contributed by atoms with Gasteiger partial charge in [-0.05, 0) is 44.1 Å². The first kappa shape index (κ1) is 24.4. The zero-order chi connectivity index (χ0) is 20.4. The average molecular weight is 489 g/mol. The van der Waals surface area contributed by atoms with E-state index in [1.807, 2.05) is 0 Å². The van der Waals surface area contributed by atoms with Crippen molar-refractivity contribution < 1.29 is 0 Å². The van der Waals surface area contributed by atoms with Gasteiger partial charge in [0, 0.05) is 23.9 Å². The molecule has 1 aromatic carbocycles. The van der Waals surface area contributed by atoms with Crippen LogP contribution in [0, 0.1) is 0 Å². The maximum Gasteiger partial charge on any atom is 0.123 e. The second kappa shape index (κ2) is 13.3. The molecule has 0 heterocycles. The Bertz CT molecular complexity index is 682. The van der Waals surface area contributed by atoms with E-state index < -0.39 is 0 Å². The van der Waals surface area contributed by atoms with Gasteiger partial charge in [-0.2, -0.15) is 0 Å². The Hall–Kier alpha value is -1.29. The van der Waals surface area contributed by atoms with Crippen molar-refractivity contribution in [3.8, 4) is 0 Å². The van der Waals surface area contributed by atoms with Crippen LogP contribution in [-0.2, 0) is 0 Å². The van der Waals surface area contributed by atoms with Gasteiger partial charge >= 0.3 is 0 Å². The van der Waals surface area contributed by atoms with E-state index in [-0.39, 0.29) is 17.0 Å². The van der Waals surface area contributed by atoms with Crippen LogP contribution in [0.25, 0.3) is 5.70 Å². The van der Waals surface area contributed by atoms with Crippen LogP contribution in [0.2, 0.25) is 0 Å². The average Bonchev–Trinajstić information content (AvgIpc) is 2.81. The van der Waals surface area contributed by atoms with Crippen molar-refractivity contribution in [3.63, 3.8) is 0 Å². The summed E-state index contributed by atoms with van der Waals surface area (Å²) in [6.07, 6.45) is 22.2. The maximum absolute atomic E-state index is 5.28. The highest BCUT2D eigenvalue weighted by Crippen LogP contribution is 2.24. The summed E-state index contributed by atoms with van der Waals surface area (Å²) in [5.74, 6) is 1.12. The van der Waals surface area contributed by atoms with Gasteiger partial charge in [0.05, 0.1) is 6.04 Å². The third-order valence-electron chi connectivity index (χ3n) is 7.18. The van der Waals surface area contributed by atoms with Crippen molar-refractivity contribution in [3.05, 3.63) is 42.0 Å². The Balaban J connectivity index is 0.00000272. The molecule has 172 valence electrons. The number of rotatable bonds is 6. The number of benzene rings is 1. The normalized spacial score (nSPS) is 22.6. The second-order valence-electron chi connectivity index (χ2n) is 9.69. The van der Waals surface area contributed by atoms with Crippen LogP contribution in [0.5, 0.6) is 0 Å². The number of nitrogens with one attached hydrogen (secondary N) is 2. The molecule has 0 radical (unpaired) electrons. The fourth-order valence-corrected chi connectivity index (χ4v) is 5.41. The molecule has 0 aliphatic heterocycles. The molecule has 3 aliphatic rings. The highest BCUT2D eigenvalue weighted by molar-refractivity contribution is 8.93. The summed E-state index contributed by atoms with van der Waals surface area (Å²) in [6.45, 7) is 0. The third kappa shape index (κ3) is 7.97. The van der Waals surface area contributed by atoms with E-state index in [9.17, 15) is 0 Å². The first-order chi connectivity index (χ1) is 14.9. The number of nitrogens with zero attached hydrogens (tertiary/aromatic N) is 1. The van der Waals surface area contributed by atoms with E-state index in [1.54, 1.807) is 0 Å². The molecule has 0 bridgehead atoms. The Morgan fingerprint density at radius 3 is 1.77 bits per heavy atom. The van der Waals surface area contributed by atoms with Crippen molar-refractivity contribution in [2.45, 2.75) is 114 Å². The van der Waals surface area contributed by atoms with E-state index in [1.165, 1.54) is 108 Å². The molecule has 3 fully saturated rings. The highest BCUT2D eigenvalue weighted by atomic mass is 79.9. The van der Waals surface area contributed by atoms with Gasteiger partial charge in [-0.15, -0.1) is 17.0 Å². The first-order valence-corrected chi connectivity index (χ1v) is 12.7. The summed E-state index contributed by atoms with van der Waals surface area (Å²) >= 11 is 0. The number of hydrogen-bond donors (Lipinski definition) is 2. The van der Waals surface area contributed by atoms with Crippen molar-refractivity contribution in [2.75, 3.05) is 0 Å². The molecular weight excluding hydrogens is 446 g/mol. The van der Waals surface area contributed by atoms with Gasteiger partial charge in [0.2, 0.25) is 0 Å². The summed E-state index contributed by atoms with van der Waals surface area (Å²) in [5.41, 5.74) is 2.53. The fourth-order valence-electron chi connectivity index (χ4n) is 5.41. The standard InChI is InChI=1S/C27H41N3.BrH/c1-5-13-22(14-6-1)26(28-23-15-7-2-8-16-23)21-27(29-24-17-9-3-10-18-24)30-25-19-11-4-12-20-25;/h1,5-6,13-14,21,23-25,28H,2-4,7-12,15-20H2,(H,29,30);1H/b26-21-;. The van der Waals surface area contributed by atoms with Gasteiger partial charge in [-0.25, -0.2) is 0 Å². The summed E-state index contributed by atoms with van der Waals surface area (Å²) < 4.78 is 0. The van der Waals surface area contributed by atoms with Gasteiger partial charge < -0.3 is 10.6 Å². The number of aliphatic imine (C=N–C) groups is 1. The predicted molar refractivity (Wildman–Crippen MR) is 139 cm³/mol. The van der Waals surface area contributed by atoms with Gasteiger partial charge in [-0.1, -0.05) is 88.1 Å². The zero-order valence-corrected chi connectivity index (χ0v) is 20.9. The van der Waals surface area contributed by atoms with Crippen molar-refractivity contribution >= 4 is 28.5 Å². The van der Waals surface area contributed by atoms with Crippen LogP contribution in [0.4, 0.5) is 0 Å². The number of hydrogen-bond acceptors (Lipinski definition) is 2. The Morgan fingerprint density at radius 1 is 0.677 bits per heavy atom. The quantitative estimate of drug-likeness (QED) is 0.329. The van der Waals surface area contributed by atoms with Crippen molar-refractivity contribution in [2.24, 2.45) is 4.99 Å². The molecule has 4 heteroatoms. The Labute approximate surface area is 200 Å². The molecular formula is C27H42BrN3. The monoisotopic (exact) mass is 487 g/mol. The molecule has 0 saturated heterocycles. The molecule has 2 N–H and O–H groups in total. The molecule has 0 amide bonds. The van der Waals surface area contributed by atoms with E-state index >= 15 is 0 Å². The predicted octanol–water partition coefficient (Wildman–Crippen LogP) is 7.18. The highest BCUT2D eigenvalue weighted by Gasteiger charge is 2.19. The SMILES string of the molecule is Br.C(/C(=NC1CCCCC1)NC1CCCCC1)=C(/NC1CCCCC1)c1ccccc1. The lowest BCUT2D eigenvalue weighted by molar-refractivity contribution is 0.407. The summed E-state index contributed by atoms with van der Waals surface area (Å²) in [7, 11) is 0.